The van der Waals surface area contributed by atoms with Gasteiger partial charge in [-0.05, 0) is 24.6 Å². The molecule has 0 fully saturated rings. The minimum atomic E-state index is -1.10. The highest BCUT2D eigenvalue weighted by atomic mass is 16.4. The summed E-state index contributed by atoms with van der Waals surface area (Å²) in [5, 5.41) is 29.6. The average molecular weight is 253 g/mol. The second kappa shape index (κ2) is 5.90. The van der Waals surface area contributed by atoms with Crippen LogP contribution in [0.5, 0.6) is 11.5 Å². The van der Waals surface area contributed by atoms with E-state index in [1.54, 1.807) is 0 Å². The monoisotopic (exact) mass is 253 g/mol. The highest BCUT2D eigenvalue weighted by Gasteiger charge is 2.20. The van der Waals surface area contributed by atoms with Gasteiger partial charge in [0.15, 0.2) is 11.5 Å². The zero-order chi connectivity index (χ0) is 13.7. The van der Waals surface area contributed by atoms with Gasteiger partial charge in [0, 0.05) is 5.56 Å². The van der Waals surface area contributed by atoms with E-state index in [0.29, 0.717) is 12.8 Å². The maximum atomic E-state index is 11.7. The van der Waals surface area contributed by atoms with Crippen molar-refractivity contribution in [1.82, 2.24) is 5.32 Å². The first-order chi connectivity index (χ1) is 8.45. The number of amides is 1. The summed E-state index contributed by atoms with van der Waals surface area (Å²) in [6, 6.07) is 2.59. The van der Waals surface area contributed by atoms with Crippen LogP contribution in [-0.2, 0) is 4.79 Å². The highest BCUT2D eigenvalue weighted by Crippen LogP contribution is 2.24. The van der Waals surface area contributed by atoms with Gasteiger partial charge in [0.05, 0.1) is 0 Å². The van der Waals surface area contributed by atoms with Crippen LogP contribution in [0.15, 0.2) is 18.2 Å². The van der Waals surface area contributed by atoms with Gasteiger partial charge in [0.2, 0.25) is 0 Å². The molecule has 0 aliphatic carbocycles. The Morgan fingerprint density at radius 1 is 1.28 bits per heavy atom. The molecule has 1 unspecified atom stereocenters. The van der Waals surface area contributed by atoms with Gasteiger partial charge >= 0.3 is 5.97 Å². The molecule has 6 heteroatoms. The van der Waals surface area contributed by atoms with Gasteiger partial charge in [0.1, 0.15) is 6.04 Å². The first-order valence-electron chi connectivity index (χ1n) is 5.51. The van der Waals surface area contributed by atoms with Crippen molar-refractivity contribution in [3.8, 4) is 11.5 Å². The number of carboxylic acid groups (broad SMARTS) is 1. The minimum Gasteiger partial charge on any atom is -0.504 e. The molecule has 1 atom stereocenters. The molecule has 1 aromatic carbocycles. The van der Waals surface area contributed by atoms with Crippen LogP contribution in [0.1, 0.15) is 30.1 Å². The lowest BCUT2D eigenvalue weighted by Crippen LogP contribution is -2.40. The summed E-state index contributed by atoms with van der Waals surface area (Å²) in [7, 11) is 0. The summed E-state index contributed by atoms with van der Waals surface area (Å²) in [6.07, 6.45) is 0.948. The third-order valence-corrected chi connectivity index (χ3v) is 2.42. The summed E-state index contributed by atoms with van der Waals surface area (Å²) < 4.78 is 0. The van der Waals surface area contributed by atoms with Crippen molar-refractivity contribution in [2.45, 2.75) is 25.8 Å². The lowest BCUT2D eigenvalue weighted by Gasteiger charge is -2.13. The first kappa shape index (κ1) is 13.8. The second-order valence-electron chi connectivity index (χ2n) is 3.86. The van der Waals surface area contributed by atoms with Gasteiger partial charge in [-0.1, -0.05) is 13.3 Å². The molecule has 0 saturated heterocycles. The zero-order valence-corrected chi connectivity index (χ0v) is 9.88. The van der Waals surface area contributed by atoms with Crippen LogP contribution in [0.2, 0.25) is 0 Å². The maximum Gasteiger partial charge on any atom is 0.326 e. The number of aromatic hydroxyl groups is 2. The van der Waals surface area contributed by atoms with E-state index in [9.17, 15) is 14.7 Å². The third kappa shape index (κ3) is 3.38. The molecule has 0 aromatic heterocycles. The number of nitrogens with one attached hydrogen (secondary N) is 1. The molecule has 0 heterocycles. The number of rotatable bonds is 5. The molecule has 0 radical (unpaired) electrons. The summed E-state index contributed by atoms with van der Waals surface area (Å²) >= 11 is 0. The molecule has 0 aliphatic heterocycles. The van der Waals surface area contributed by atoms with Gasteiger partial charge in [-0.25, -0.2) is 4.79 Å². The van der Waals surface area contributed by atoms with Crippen LogP contribution in [0, 0.1) is 0 Å². The van der Waals surface area contributed by atoms with Gasteiger partial charge in [0.25, 0.3) is 5.91 Å². The molecule has 0 bridgehead atoms. The van der Waals surface area contributed by atoms with E-state index < -0.39 is 23.7 Å². The van der Waals surface area contributed by atoms with Crippen molar-refractivity contribution in [3.05, 3.63) is 23.8 Å². The van der Waals surface area contributed by atoms with E-state index in [1.165, 1.54) is 12.1 Å². The van der Waals surface area contributed by atoms with Crippen LogP contribution in [0.25, 0.3) is 0 Å². The fourth-order valence-corrected chi connectivity index (χ4v) is 1.45. The van der Waals surface area contributed by atoms with Gasteiger partial charge in [-0.3, -0.25) is 4.79 Å². The number of phenolic OH excluding ortho intramolecular Hbond substituents is 2. The molecular weight excluding hydrogens is 238 g/mol. The Bertz CT molecular complexity index is 458. The number of carbonyl (C=O) groups excluding carboxylic acids is 1. The SMILES string of the molecule is CCCC(NC(=O)c1ccc(O)c(O)c1)C(=O)O. The Morgan fingerprint density at radius 3 is 2.44 bits per heavy atom. The molecule has 0 aliphatic rings. The first-order valence-corrected chi connectivity index (χ1v) is 5.51. The van der Waals surface area contributed by atoms with Crippen LogP contribution in [0.3, 0.4) is 0 Å². The lowest BCUT2D eigenvalue weighted by atomic mass is 10.1. The number of benzene rings is 1. The number of hydrogen-bond acceptors (Lipinski definition) is 4. The molecule has 0 saturated carbocycles. The molecule has 1 aromatic rings. The van der Waals surface area contributed by atoms with E-state index in [1.807, 2.05) is 6.92 Å². The van der Waals surface area contributed by atoms with E-state index in [-0.39, 0.29) is 11.3 Å². The van der Waals surface area contributed by atoms with Gasteiger partial charge in [-0.15, -0.1) is 0 Å². The van der Waals surface area contributed by atoms with Crippen LogP contribution >= 0.6 is 0 Å². The van der Waals surface area contributed by atoms with Crippen molar-refractivity contribution in [2.24, 2.45) is 0 Å². The normalized spacial score (nSPS) is 11.8. The number of carbonyl (C=O) groups is 2. The number of phenols is 2. The smallest absolute Gasteiger partial charge is 0.326 e. The Morgan fingerprint density at radius 2 is 1.94 bits per heavy atom. The third-order valence-electron chi connectivity index (χ3n) is 2.42. The molecule has 98 valence electrons. The van der Waals surface area contributed by atoms with Gasteiger partial charge in [-0.2, -0.15) is 0 Å². The topological polar surface area (TPSA) is 107 Å². The Hall–Kier alpha value is -2.24. The Kier molecular flexibility index (Phi) is 4.53. The summed E-state index contributed by atoms with van der Waals surface area (Å²) in [6.45, 7) is 1.81. The van der Waals surface area contributed by atoms with E-state index in [2.05, 4.69) is 5.32 Å². The molecular formula is C12H15NO5. The van der Waals surface area contributed by atoms with Crippen molar-refractivity contribution in [1.29, 1.82) is 0 Å². The van der Waals surface area contributed by atoms with Crippen molar-refractivity contribution < 1.29 is 24.9 Å². The lowest BCUT2D eigenvalue weighted by molar-refractivity contribution is -0.139. The average Bonchev–Trinajstić information content (AvgIpc) is 2.31. The van der Waals surface area contributed by atoms with Crippen molar-refractivity contribution >= 4 is 11.9 Å². The maximum absolute atomic E-state index is 11.7. The zero-order valence-electron chi connectivity index (χ0n) is 9.88. The van der Waals surface area contributed by atoms with Crippen molar-refractivity contribution in [3.63, 3.8) is 0 Å². The van der Waals surface area contributed by atoms with E-state index >= 15 is 0 Å². The highest BCUT2D eigenvalue weighted by molar-refractivity contribution is 5.97. The van der Waals surface area contributed by atoms with Crippen molar-refractivity contribution in [2.75, 3.05) is 0 Å². The van der Waals surface area contributed by atoms with Crippen LogP contribution in [0.4, 0.5) is 0 Å². The van der Waals surface area contributed by atoms with E-state index in [0.717, 1.165) is 6.07 Å². The second-order valence-corrected chi connectivity index (χ2v) is 3.86. The fourth-order valence-electron chi connectivity index (χ4n) is 1.45. The van der Waals surface area contributed by atoms with Gasteiger partial charge < -0.3 is 20.6 Å². The number of hydrogen-bond donors (Lipinski definition) is 4. The largest absolute Gasteiger partial charge is 0.504 e. The molecule has 1 rings (SSSR count). The van der Waals surface area contributed by atoms with E-state index in [4.69, 9.17) is 10.2 Å². The molecule has 18 heavy (non-hydrogen) atoms. The summed E-state index contributed by atoms with van der Waals surface area (Å²) in [5.41, 5.74) is 0.0904. The standard InChI is InChI=1S/C12H15NO5/c1-2-3-8(12(17)18)13-11(16)7-4-5-9(14)10(15)6-7/h4-6,8,14-15H,2-3H2,1H3,(H,13,16)(H,17,18). The fraction of sp³-hybridized carbons (Fsp3) is 0.333. The quantitative estimate of drug-likeness (QED) is 0.587. The number of carboxylic acids is 1. The van der Waals surface area contributed by atoms with Crippen LogP contribution < -0.4 is 5.32 Å². The minimum absolute atomic E-state index is 0.0904. The molecule has 1 amide bonds. The Labute approximate surface area is 104 Å². The Balaban J connectivity index is 2.80. The summed E-state index contributed by atoms with van der Waals surface area (Å²) in [4.78, 5) is 22.6. The number of aliphatic carboxylic acids is 1. The summed E-state index contributed by atoms with van der Waals surface area (Å²) in [5.74, 6) is -2.47. The predicted molar refractivity (Wildman–Crippen MR) is 63.6 cm³/mol. The van der Waals surface area contributed by atoms with Crippen LogP contribution in [-0.4, -0.2) is 33.2 Å². The predicted octanol–water partition coefficient (Wildman–Crippen LogP) is 1.08. The molecule has 6 nitrogen and oxygen atoms in total. The molecule has 0 spiro atoms. The molecule has 4 N–H and O–H groups in total.